The van der Waals surface area contributed by atoms with Gasteiger partial charge in [0.05, 0.1) is 17.5 Å². The van der Waals surface area contributed by atoms with Crippen molar-refractivity contribution in [3.63, 3.8) is 0 Å². The molecule has 6 nitrogen and oxygen atoms in total. The fraction of sp³-hybridized carbons (Fsp3) is 0.364. The van der Waals surface area contributed by atoms with Crippen LogP contribution < -0.4 is 20.1 Å². The van der Waals surface area contributed by atoms with Gasteiger partial charge in [0, 0.05) is 18.2 Å². The summed E-state index contributed by atoms with van der Waals surface area (Å²) in [5, 5.41) is 5.92. The summed E-state index contributed by atoms with van der Waals surface area (Å²) in [6.45, 7) is 0.209. The molecule has 0 atom stereocenters. The third-order valence-electron chi connectivity index (χ3n) is 5.76. The molecular weight excluding hydrogens is 411 g/mol. The zero-order valence-corrected chi connectivity index (χ0v) is 17.2. The third kappa shape index (κ3) is 3.94. The first-order chi connectivity index (χ1) is 14.3. The molecule has 2 aromatic rings. The molecule has 2 N–H and O–H groups in total. The molecule has 0 saturated heterocycles. The number of carbonyl (C=O) groups excluding carboxylic acids is 2. The molecule has 0 heterocycles. The molecule has 5 rings (SSSR count). The van der Waals surface area contributed by atoms with Crippen LogP contribution in [0.4, 0.5) is 4.39 Å². The van der Waals surface area contributed by atoms with Crippen LogP contribution >= 0.6 is 11.6 Å². The van der Waals surface area contributed by atoms with E-state index in [-0.39, 0.29) is 34.7 Å². The van der Waals surface area contributed by atoms with E-state index in [1.807, 2.05) is 24.3 Å². The van der Waals surface area contributed by atoms with Crippen molar-refractivity contribution in [1.82, 2.24) is 10.6 Å². The number of ether oxygens (including phenoxy) is 2. The van der Waals surface area contributed by atoms with E-state index in [4.69, 9.17) is 21.1 Å². The van der Waals surface area contributed by atoms with E-state index in [1.54, 1.807) is 7.11 Å². The Morgan fingerprint density at radius 3 is 2.60 bits per heavy atom. The summed E-state index contributed by atoms with van der Waals surface area (Å²) in [6.07, 6.45) is 1.85. The third-order valence-corrected chi connectivity index (χ3v) is 6.07. The Labute approximate surface area is 178 Å². The number of halogens is 2. The summed E-state index contributed by atoms with van der Waals surface area (Å²) in [6, 6.07) is 11.6. The highest BCUT2D eigenvalue weighted by Gasteiger charge is 2.72. The minimum absolute atomic E-state index is 0.00403. The molecular formula is C22H22ClFN2O4. The minimum atomic E-state index is -0.601. The standard InChI is InChI=1S/C22H22ClFN2O4/c1-29-15-4-2-3-14(7-15)9-25-20(28)21-11-22(12-21,13-21)26-19(27)10-30-16-5-6-17(23)18(24)8-16/h2-8H,9-13H2,1H3,(H,25,28)(H,26,27). The second-order valence-corrected chi connectivity index (χ2v) is 8.45. The first kappa shape index (κ1) is 20.5. The molecule has 30 heavy (non-hydrogen) atoms. The SMILES string of the molecule is COc1cccc(CNC(=O)C23CC(NC(=O)COc4ccc(Cl)c(F)c4)(C2)C3)c1. The monoisotopic (exact) mass is 432 g/mol. The maximum absolute atomic E-state index is 13.4. The molecule has 2 amide bonds. The summed E-state index contributed by atoms with van der Waals surface area (Å²) in [4.78, 5) is 24.8. The van der Waals surface area contributed by atoms with Gasteiger partial charge >= 0.3 is 0 Å². The quantitative estimate of drug-likeness (QED) is 0.671. The molecule has 0 radical (unpaired) electrons. The second-order valence-electron chi connectivity index (χ2n) is 8.04. The maximum Gasteiger partial charge on any atom is 0.258 e. The second kappa shape index (κ2) is 7.80. The van der Waals surface area contributed by atoms with Crippen LogP contribution in [0.15, 0.2) is 42.5 Å². The number of methoxy groups -OCH3 is 1. The van der Waals surface area contributed by atoms with Crippen LogP contribution in [0.2, 0.25) is 5.02 Å². The molecule has 3 aliphatic carbocycles. The van der Waals surface area contributed by atoms with E-state index in [0.29, 0.717) is 25.8 Å². The zero-order chi connectivity index (χ0) is 21.4. The van der Waals surface area contributed by atoms with E-state index >= 15 is 0 Å². The minimum Gasteiger partial charge on any atom is -0.497 e. The van der Waals surface area contributed by atoms with Crippen LogP contribution in [0.5, 0.6) is 11.5 Å². The van der Waals surface area contributed by atoms with Crippen molar-refractivity contribution in [2.75, 3.05) is 13.7 Å². The lowest BCUT2D eigenvalue weighted by molar-refractivity contribution is -0.184. The van der Waals surface area contributed by atoms with Gasteiger partial charge in [0.25, 0.3) is 5.91 Å². The first-order valence-corrected chi connectivity index (χ1v) is 10.0. The van der Waals surface area contributed by atoms with Crippen LogP contribution in [-0.4, -0.2) is 31.1 Å². The van der Waals surface area contributed by atoms with Crippen LogP contribution in [0.3, 0.4) is 0 Å². The molecule has 158 valence electrons. The number of benzene rings is 2. The van der Waals surface area contributed by atoms with E-state index in [1.165, 1.54) is 12.1 Å². The van der Waals surface area contributed by atoms with E-state index in [2.05, 4.69) is 10.6 Å². The van der Waals surface area contributed by atoms with Crippen molar-refractivity contribution in [3.8, 4) is 11.5 Å². The lowest BCUT2D eigenvalue weighted by Crippen LogP contribution is -2.78. The smallest absolute Gasteiger partial charge is 0.258 e. The van der Waals surface area contributed by atoms with Crippen LogP contribution in [-0.2, 0) is 16.1 Å². The van der Waals surface area contributed by atoms with Gasteiger partial charge in [-0.2, -0.15) is 0 Å². The number of hydrogen-bond donors (Lipinski definition) is 2. The highest BCUT2D eigenvalue weighted by atomic mass is 35.5. The lowest BCUT2D eigenvalue weighted by atomic mass is 9.39. The number of nitrogens with one attached hydrogen (secondary N) is 2. The van der Waals surface area contributed by atoms with Gasteiger partial charge in [-0.1, -0.05) is 23.7 Å². The molecule has 0 unspecified atom stereocenters. The van der Waals surface area contributed by atoms with Gasteiger partial charge in [-0.3, -0.25) is 9.59 Å². The fourth-order valence-electron chi connectivity index (χ4n) is 4.36. The Balaban J connectivity index is 1.21. The van der Waals surface area contributed by atoms with Crippen molar-refractivity contribution in [2.45, 2.75) is 31.3 Å². The molecule has 8 heteroatoms. The highest BCUT2D eigenvalue weighted by molar-refractivity contribution is 6.30. The molecule has 3 saturated carbocycles. The van der Waals surface area contributed by atoms with Crippen molar-refractivity contribution in [3.05, 3.63) is 58.9 Å². The zero-order valence-electron chi connectivity index (χ0n) is 16.5. The van der Waals surface area contributed by atoms with E-state index < -0.39 is 11.2 Å². The van der Waals surface area contributed by atoms with Crippen LogP contribution in [0.1, 0.15) is 24.8 Å². The predicted octanol–water partition coefficient (Wildman–Crippen LogP) is 3.22. The van der Waals surface area contributed by atoms with Gasteiger partial charge in [-0.25, -0.2) is 4.39 Å². The summed E-state index contributed by atoms with van der Waals surface area (Å²) in [7, 11) is 1.60. The van der Waals surface area contributed by atoms with Crippen molar-refractivity contribution in [1.29, 1.82) is 0 Å². The van der Waals surface area contributed by atoms with Crippen molar-refractivity contribution < 1.29 is 23.5 Å². The molecule has 0 aliphatic heterocycles. The summed E-state index contributed by atoms with van der Waals surface area (Å²) in [5.74, 6) is 0.0937. The Kier molecular flexibility index (Phi) is 5.32. The Bertz CT molecular complexity index is 977. The molecule has 2 bridgehead atoms. The van der Waals surface area contributed by atoms with E-state index in [0.717, 1.165) is 17.4 Å². The first-order valence-electron chi connectivity index (χ1n) is 9.63. The van der Waals surface area contributed by atoms with Gasteiger partial charge < -0.3 is 20.1 Å². The van der Waals surface area contributed by atoms with Crippen molar-refractivity contribution in [2.24, 2.45) is 5.41 Å². The fourth-order valence-corrected chi connectivity index (χ4v) is 4.48. The summed E-state index contributed by atoms with van der Waals surface area (Å²) in [5.41, 5.74) is 0.235. The van der Waals surface area contributed by atoms with Gasteiger partial charge in [0.15, 0.2) is 6.61 Å². The normalized spacial score (nSPS) is 23.6. The van der Waals surface area contributed by atoms with Crippen molar-refractivity contribution >= 4 is 23.4 Å². The van der Waals surface area contributed by atoms with Gasteiger partial charge in [-0.05, 0) is 49.1 Å². The number of amides is 2. The Hall–Kier alpha value is -2.80. The highest BCUT2D eigenvalue weighted by Crippen LogP contribution is 2.67. The van der Waals surface area contributed by atoms with Gasteiger partial charge in [-0.15, -0.1) is 0 Å². The number of hydrogen-bond acceptors (Lipinski definition) is 4. The molecule has 2 aromatic carbocycles. The van der Waals surface area contributed by atoms with Crippen LogP contribution in [0.25, 0.3) is 0 Å². The van der Waals surface area contributed by atoms with E-state index in [9.17, 15) is 14.0 Å². The van der Waals surface area contributed by atoms with Gasteiger partial charge in [0.1, 0.15) is 17.3 Å². The molecule has 3 fully saturated rings. The van der Waals surface area contributed by atoms with Crippen LogP contribution in [0, 0.1) is 11.2 Å². The largest absolute Gasteiger partial charge is 0.497 e. The Morgan fingerprint density at radius 1 is 1.13 bits per heavy atom. The molecule has 0 aromatic heterocycles. The summed E-state index contributed by atoms with van der Waals surface area (Å²) >= 11 is 5.62. The number of rotatable bonds is 8. The maximum atomic E-state index is 13.4. The predicted molar refractivity (Wildman–Crippen MR) is 109 cm³/mol. The Morgan fingerprint density at radius 2 is 1.90 bits per heavy atom. The summed E-state index contributed by atoms with van der Waals surface area (Å²) < 4.78 is 23.9. The molecule has 0 spiro atoms. The molecule has 3 aliphatic rings. The number of carbonyl (C=O) groups is 2. The lowest BCUT2D eigenvalue weighted by Gasteiger charge is -2.69. The van der Waals surface area contributed by atoms with Gasteiger partial charge in [0.2, 0.25) is 5.91 Å². The topological polar surface area (TPSA) is 76.7 Å². The average molecular weight is 433 g/mol. The average Bonchev–Trinajstić information content (AvgIpc) is 2.68.